The molecule has 0 saturated carbocycles. The smallest absolute Gasteiger partial charge is 0.308 e. The van der Waals surface area contributed by atoms with E-state index in [9.17, 15) is 14.4 Å². The Morgan fingerprint density at radius 1 is 1.50 bits per heavy atom. The lowest BCUT2D eigenvalue weighted by atomic mass is 10.1. The number of nitrogens with zero attached hydrogens (tertiary/aromatic N) is 1. The normalized spacial score (nSPS) is 20.6. The highest BCUT2D eigenvalue weighted by molar-refractivity contribution is 7.98. The van der Waals surface area contributed by atoms with Gasteiger partial charge in [0, 0.05) is 25.8 Å². The van der Waals surface area contributed by atoms with E-state index < -0.39 is 17.9 Å². The summed E-state index contributed by atoms with van der Waals surface area (Å²) in [7, 11) is 0. The molecule has 1 fully saturated rings. The van der Waals surface area contributed by atoms with Crippen LogP contribution in [0.25, 0.3) is 0 Å². The first kappa shape index (κ1) is 14.8. The number of carbonyl (C=O) groups excluding carboxylic acids is 2. The van der Waals surface area contributed by atoms with Gasteiger partial charge in [-0.05, 0) is 12.7 Å². The number of carboxylic acids is 1. The van der Waals surface area contributed by atoms with Crippen LogP contribution in [0, 0.1) is 5.92 Å². The standard InChI is InChI=1S/C11H18N2O4S/c1-7(14)12-9(6-18-2)10(15)13-4-3-8(5-13)11(16)17/h8-9H,3-6H2,1-2H3,(H,12,14)(H,16,17). The van der Waals surface area contributed by atoms with Crippen molar-refractivity contribution in [2.45, 2.75) is 19.4 Å². The van der Waals surface area contributed by atoms with Crippen LogP contribution in [0.3, 0.4) is 0 Å². The van der Waals surface area contributed by atoms with E-state index in [2.05, 4.69) is 5.32 Å². The number of carbonyl (C=O) groups is 3. The highest BCUT2D eigenvalue weighted by Crippen LogP contribution is 2.17. The second-order valence-electron chi connectivity index (χ2n) is 4.32. The molecule has 1 aliphatic rings. The second-order valence-corrected chi connectivity index (χ2v) is 5.23. The highest BCUT2D eigenvalue weighted by atomic mass is 32.2. The third-order valence-electron chi connectivity index (χ3n) is 2.86. The Labute approximate surface area is 110 Å². The Balaban J connectivity index is 2.61. The first-order valence-electron chi connectivity index (χ1n) is 5.73. The Hall–Kier alpha value is -1.24. The van der Waals surface area contributed by atoms with Crippen molar-refractivity contribution in [2.24, 2.45) is 5.92 Å². The van der Waals surface area contributed by atoms with Crippen LogP contribution in [0.2, 0.25) is 0 Å². The largest absolute Gasteiger partial charge is 0.481 e. The molecule has 2 N–H and O–H groups in total. The summed E-state index contributed by atoms with van der Waals surface area (Å²) in [5, 5.41) is 11.5. The molecule has 0 bridgehead atoms. The van der Waals surface area contributed by atoms with Gasteiger partial charge in [0.05, 0.1) is 5.92 Å². The van der Waals surface area contributed by atoms with Crippen molar-refractivity contribution in [2.75, 3.05) is 25.1 Å². The number of hydrogen-bond donors (Lipinski definition) is 2. The van der Waals surface area contributed by atoms with Crippen LogP contribution in [0.5, 0.6) is 0 Å². The average molecular weight is 274 g/mol. The molecule has 18 heavy (non-hydrogen) atoms. The predicted molar refractivity (Wildman–Crippen MR) is 68.3 cm³/mol. The van der Waals surface area contributed by atoms with Crippen LogP contribution in [0.4, 0.5) is 0 Å². The van der Waals surface area contributed by atoms with Crippen LogP contribution in [0.1, 0.15) is 13.3 Å². The lowest BCUT2D eigenvalue weighted by Crippen LogP contribution is -2.48. The molecule has 6 nitrogen and oxygen atoms in total. The minimum absolute atomic E-state index is 0.191. The quantitative estimate of drug-likeness (QED) is 0.724. The first-order valence-corrected chi connectivity index (χ1v) is 7.12. The Morgan fingerprint density at radius 3 is 2.61 bits per heavy atom. The van der Waals surface area contributed by atoms with Crippen molar-refractivity contribution in [3.8, 4) is 0 Å². The minimum atomic E-state index is -0.869. The van der Waals surface area contributed by atoms with Gasteiger partial charge in [-0.1, -0.05) is 0 Å². The van der Waals surface area contributed by atoms with Crippen LogP contribution >= 0.6 is 11.8 Å². The number of aliphatic carboxylic acids is 1. The molecule has 7 heteroatoms. The van der Waals surface area contributed by atoms with E-state index in [0.717, 1.165) is 0 Å². The van der Waals surface area contributed by atoms with Crippen LogP contribution in [-0.2, 0) is 14.4 Å². The van der Waals surface area contributed by atoms with E-state index in [1.807, 2.05) is 6.26 Å². The van der Waals surface area contributed by atoms with Crippen molar-refractivity contribution in [1.29, 1.82) is 0 Å². The van der Waals surface area contributed by atoms with Crippen LogP contribution < -0.4 is 5.32 Å². The molecule has 2 unspecified atom stereocenters. The highest BCUT2D eigenvalue weighted by Gasteiger charge is 2.34. The molecule has 1 aliphatic heterocycles. The summed E-state index contributed by atoms with van der Waals surface area (Å²) in [6.45, 7) is 2.05. The number of thioether (sulfide) groups is 1. The summed E-state index contributed by atoms with van der Waals surface area (Å²) >= 11 is 1.47. The molecular weight excluding hydrogens is 256 g/mol. The Kier molecular flexibility index (Phi) is 5.46. The fraction of sp³-hybridized carbons (Fsp3) is 0.727. The van der Waals surface area contributed by atoms with Gasteiger partial charge in [-0.25, -0.2) is 0 Å². The van der Waals surface area contributed by atoms with Crippen molar-refractivity contribution in [3.05, 3.63) is 0 Å². The molecule has 0 aliphatic carbocycles. The number of rotatable bonds is 5. The van der Waals surface area contributed by atoms with Crippen molar-refractivity contribution in [3.63, 3.8) is 0 Å². The summed E-state index contributed by atoms with van der Waals surface area (Å²) in [5.41, 5.74) is 0. The Morgan fingerprint density at radius 2 is 2.17 bits per heavy atom. The fourth-order valence-corrected chi connectivity index (χ4v) is 2.53. The maximum absolute atomic E-state index is 12.1. The number of carboxylic acid groups (broad SMARTS) is 1. The van der Waals surface area contributed by atoms with Crippen LogP contribution in [-0.4, -0.2) is 58.9 Å². The molecule has 0 aromatic rings. The van der Waals surface area contributed by atoms with Crippen molar-refractivity contribution >= 4 is 29.5 Å². The van der Waals surface area contributed by atoms with Gasteiger partial charge < -0.3 is 15.3 Å². The zero-order valence-corrected chi connectivity index (χ0v) is 11.3. The van der Waals surface area contributed by atoms with Gasteiger partial charge in [0.15, 0.2) is 0 Å². The average Bonchev–Trinajstić information content (AvgIpc) is 2.76. The van der Waals surface area contributed by atoms with Gasteiger partial charge in [-0.2, -0.15) is 11.8 Å². The van der Waals surface area contributed by atoms with Crippen molar-refractivity contribution < 1.29 is 19.5 Å². The summed E-state index contributed by atoms with van der Waals surface area (Å²) in [6, 6.07) is -0.565. The van der Waals surface area contributed by atoms with E-state index >= 15 is 0 Å². The van der Waals surface area contributed by atoms with E-state index in [1.54, 1.807) is 0 Å². The molecular formula is C11H18N2O4S. The third-order valence-corrected chi connectivity index (χ3v) is 3.52. The lowest BCUT2D eigenvalue weighted by Gasteiger charge is -2.23. The first-order chi connectivity index (χ1) is 8.45. The third kappa shape index (κ3) is 3.90. The molecule has 1 rings (SSSR count). The topological polar surface area (TPSA) is 86.7 Å². The maximum atomic E-state index is 12.1. The molecule has 0 radical (unpaired) electrons. The van der Waals surface area contributed by atoms with Gasteiger partial charge in [-0.15, -0.1) is 0 Å². The molecule has 102 valence electrons. The fourth-order valence-electron chi connectivity index (χ4n) is 1.97. The zero-order valence-electron chi connectivity index (χ0n) is 10.5. The molecule has 1 saturated heterocycles. The zero-order chi connectivity index (χ0) is 13.7. The molecule has 0 spiro atoms. The monoisotopic (exact) mass is 274 g/mol. The van der Waals surface area contributed by atoms with E-state index in [1.165, 1.54) is 23.6 Å². The van der Waals surface area contributed by atoms with Gasteiger partial charge in [-0.3, -0.25) is 14.4 Å². The van der Waals surface area contributed by atoms with Gasteiger partial charge in [0.1, 0.15) is 6.04 Å². The predicted octanol–water partition coefficient (Wildman–Crippen LogP) is -0.213. The van der Waals surface area contributed by atoms with E-state index in [0.29, 0.717) is 18.7 Å². The molecule has 0 aromatic heterocycles. The molecule has 2 amide bonds. The maximum Gasteiger partial charge on any atom is 0.308 e. The number of hydrogen-bond acceptors (Lipinski definition) is 4. The summed E-state index contributed by atoms with van der Waals surface area (Å²) < 4.78 is 0. The lowest BCUT2D eigenvalue weighted by molar-refractivity contribution is -0.141. The minimum Gasteiger partial charge on any atom is -0.481 e. The molecule has 0 aromatic carbocycles. The number of nitrogens with one attached hydrogen (secondary N) is 1. The number of amides is 2. The van der Waals surface area contributed by atoms with Crippen LogP contribution in [0.15, 0.2) is 0 Å². The van der Waals surface area contributed by atoms with Crippen molar-refractivity contribution in [1.82, 2.24) is 10.2 Å². The van der Waals surface area contributed by atoms with E-state index in [-0.39, 0.29) is 18.4 Å². The summed E-state index contributed by atoms with van der Waals surface area (Å²) in [5.74, 6) is -1.31. The van der Waals surface area contributed by atoms with Gasteiger partial charge >= 0.3 is 5.97 Å². The van der Waals surface area contributed by atoms with E-state index in [4.69, 9.17) is 5.11 Å². The SMILES string of the molecule is CSCC(NC(C)=O)C(=O)N1CCC(C(=O)O)C1. The summed E-state index contributed by atoms with van der Waals surface area (Å²) in [6.07, 6.45) is 2.33. The van der Waals surface area contributed by atoms with Gasteiger partial charge in [0.2, 0.25) is 11.8 Å². The number of likely N-dealkylation sites (tertiary alicyclic amines) is 1. The molecule has 1 heterocycles. The summed E-state index contributed by atoms with van der Waals surface area (Å²) in [4.78, 5) is 35.5. The second kappa shape index (κ2) is 6.63. The Bertz CT molecular complexity index is 348. The van der Waals surface area contributed by atoms with Gasteiger partial charge in [0.25, 0.3) is 0 Å². The molecule has 2 atom stereocenters.